The molecule has 32 nitrogen and oxygen atoms in total. The van der Waals surface area contributed by atoms with Gasteiger partial charge in [-0.2, -0.15) is 5.10 Å². The largest absolute Gasteiger partial charge is 0.512 e. The number of halogens is 2. The van der Waals surface area contributed by atoms with E-state index in [0.717, 1.165) is 67.4 Å². The molecule has 0 unspecified atom stereocenters. The molecular weight excluding hydrogens is 1530 g/mol. The van der Waals surface area contributed by atoms with Crippen LogP contribution in [0.5, 0.6) is 23.0 Å². The van der Waals surface area contributed by atoms with Crippen molar-refractivity contribution < 1.29 is 77.1 Å². The van der Waals surface area contributed by atoms with Crippen molar-refractivity contribution in [2.45, 2.75) is 81.2 Å². The Morgan fingerprint density at radius 1 is 0.648 bits per heavy atom. The maximum absolute atomic E-state index is 13.7. The number of ketones is 4. The summed E-state index contributed by atoms with van der Waals surface area (Å²) in [6.45, 7) is 12.4. The number of carbonyl (C=O) groups excluding carboxylic acids is 5. The summed E-state index contributed by atoms with van der Waals surface area (Å²) in [4.78, 5) is 101. The summed E-state index contributed by atoms with van der Waals surface area (Å²) in [6.07, 6.45) is 0.362. The highest BCUT2D eigenvalue weighted by molar-refractivity contribution is 9.10. The third-order valence-electron chi connectivity index (χ3n) is 12.9. The summed E-state index contributed by atoms with van der Waals surface area (Å²) in [5, 5.41) is 77.1. The lowest BCUT2D eigenvalue weighted by molar-refractivity contribution is -0.386. The standard InChI is InChI=1S/C16H18N4O6S.C14H16N2O3S.C12H12BrN3O2S.C12H10FN3O3S.C12H12N4O2S/c1-9(2)26-13-5-4-11(6-12(13)20(24)25)15-17-18-16(27-8-10(3)21)19(15)7-14(22)23;1-9(17)8-20-14-7-12(15-16-14)11-6-10(18-2)4-5-13(11)19-3;1-7(17)6-19-12-14-11(15-16-12)9-5-8(13)3-4-10(9)18-2;1-6(17)5-20-12-14-10(15-16-12)8-4-7(11(18)19)2-3-9(8)13;1-7(17)6-19-12-14-11(15-16-12)9-5-3-2-4-8(9)10(13)18/h4-6,9H,7-8H2,1-3H3,(H,22,23);4-6H,7-8H2,1-3H3;3-5,17H,1,6H2,2H3,(H,14,15,16);2-4H,5H2,1H3,(H,18,19)(H,14,15,16);2-5H,6H2,1H3,(H2,13,18)(H,14,15,16). The molecule has 0 saturated carbocycles. The van der Waals surface area contributed by atoms with Gasteiger partial charge in [0.1, 0.15) is 57.8 Å². The third-order valence-corrected chi connectivity index (χ3v) is 18.5. The van der Waals surface area contributed by atoms with Crippen LogP contribution in [0.3, 0.4) is 0 Å². The number of carboxylic acids is 2. The minimum atomic E-state index is -1.16. The molecule has 0 spiro atoms. The van der Waals surface area contributed by atoms with Crippen molar-refractivity contribution >= 4 is 132 Å². The molecule has 552 valence electrons. The Morgan fingerprint density at radius 3 is 1.73 bits per heavy atom. The van der Waals surface area contributed by atoms with Crippen LogP contribution >= 0.6 is 74.7 Å². The van der Waals surface area contributed by atoms with E-state index in [-0.39, 0.29) is 85.9 Å². The number of hydrogen-bond donors (Lipinski definition) is 7. The number of rotatable bonds is 29. The van der Waals surface area contributed by atoms with Crippen molar-refractivity contribution in [1.82, 2.24) is 60.3 Å². The Hall–Kier alpha value is -10.6. The van der Waals surface area contributed by atoms with Crippen molar-refractivity contribution in [3.63, 3.8) is 0 Å². The van der Waals surface area contributed by atoms with E-state index in [0.29, 0.717) is 73.2 Å². The SMILES string of the molecule is C=C(O)CSc1n[nH]c(-c2cc(Br)ccc2OC)n1.CC(=O)CSc1n[nH]c(-c2cc(C(=O)O)ccc2F)n1.CC(=O)CSc1n[nH]c(-c2ccccc2C(N)=O)n1.CC(=O)CSc1nnc(-c2ccc(OC(C)C)c([N+](=O)[O-])c2)n1CC(=O)O.COc1ccc(OC)c(C2=NN=C(SCC(C)=O)C2)c1. The number of carboxylic acid groups (broad SMARTS) is 2. The van der Waals surface area contributed by atoms with Crippen molar-refractivity contribution in [1.29, 1.82) is 0 Å². The number of thioether (sulfide) groups is 5. The molecule has 0 saturated heterocycles. The number of amides is 1. The molecule has 1 aliphatic heterocycles. The van der Waals surface area contributed by atoms with Gasteiger partial charge in [-0.05, 0) is 114 Å². The zero-order valence-corrected chi connectivity index (χ0v) is 63.0. The van der Waals surface area contributed by atoms with Crippen LogP contribution in [0.15, 0.2) is 145 Å². The number of H-pyrrole nitrogens is 3. The molecule has 10 rings (SSSR count). The number of methoxy groups -OCH3 is 3. The quantitative estimate of drug-likeness (QED) is 0.00990. The Kier molecular flexibility index (Phi) is 32.6. The number of nitro groups is 1. The van der Waals surface area contributed by atoms with Crippen LogP contribution < -0.4 is 24.7 Å². The van der Waals surface area contributed by atoms with Gasteiger partial charge >= 0.3 is 17.6 Å². The summed E-state index contributed by atoms with van der Waals surface area (Å²) in [5.74, 6) is 1.82. The zero-order valence-electron chi connectivity index (χ0n) is 57.4. The predicted molar refractivity (Wildman–Crippen MR) is 399 cm³/mol. The normalized spacial score (nSPS) is 11.2. The van der Waals surface area contributed by atoms with Crippen LogP contribution in [0.25, 0.3) is 45.6 Å². The number of primary amides is 1. The lowest BCUT2D eigenvalue weighted by Gasteiger charge is -2.11. The van der Waals surface area contributed by atoms with Crippen molar-refractivity contribution in [3.05, 3.63) is 146 Å². The fourth-order valence-electron chi connectivity index (χ4n) is 8.37. The van der Waals surface area contributed by atoms with Gasteiger partial charge in [0.15, 0.2) is 34.2 Å². The van der Waals surface area contributed by atoms with Crippen LogP contribution in [0.1, 0.15) is 74.2 Å². The molecule has 0 radical (unpaired) electrons. The molecule has 5 heterocycles. The van der Waals surface area contributed by atoms with Crippen molar-refractivity contribution in [2.75, 3.05) is 50.1 Å². The average molecular weight is 1600 g/mol. The highest BCUT2D eigenvalue weighted by Crippen LogP contribution is 2.36. The van der Waals surface area contributed by atoms with Gasteiger partial charge in [0, 0.05) is 33.7 Å². The van der Waals surface area contributed by atoms with Crippen molar-refractivity contribution in [2.24, 2.45) is 15.9 Å². The lowest BCUT2D eigenvalue weighted by atomic mass is 10.1. The van der Waals surface area contributed by atoms with E-state index in [2.05, 4.69) is 88.5 Å². The van der Waals surface area contributed by atoms with E-state index in [9.17, 15) is 48.1 Å². The number of aliphatic carboxylic acids is 1. The van der Waals surface area contributed by atoms with E-state index in [1.54, 1.807) is 72.4 Å². The van der Waals surface area contributed by atoms with Crippen LogP contribution in [-0.2, 0) is 30.5 Å². The van der Waals surface area contributed by atoms with Gasteiger partial charge in [0.25, 0.3) is 0 Å². The van der Waals surface area contributed by atoms with Gasteiger partial charge in [-0.3, -0.25) is 58.7 Å². The molecule has 0 atom stereocenters. The Morgan fingerprint density at radius 2 is 1.19 bits per heavy atom. The molecule has 8 N–H and O–H groups in total. The number of aliphatic hydroxyl groups excluding tert-OH is 1. The topological polar surface area (TPSA) is 466 Å². The molecule has 4 aromatic heterocycles. The van der Waals surface area contributed by atoms with E-state index in [1.165, 1.54) is 84.9 Å². The number of aromatic amines is 3. The molecule has 9 aromatic rings. The second-order valence-corrected chi connectivity index (χ2v) is 27.4. The van der Waals surface area contributed by atoms with Crippen LogP contribution in [0.4, 0.5) is 10.1 Å². The van der Waals surface area contributed by atoms with E-state index in [4.69, 9.17) is 40.0 Å². The van der Waals surface area contributed by atoms with Gasteiger partial charge in [-0.25, -0.2) is 24.1 Å². The molecule has 0 fully saturated rings. The first-order valence-electron chi connectivity index (χ1n) is 30.5. The van der Waals surface area contributed by atoms with Gasteiger partial charge < -0.3 is 40.0 Å². The van der Waals surface area contributed by atoms with E-state index < -0.39 is 35.1 Å². The van der Waals surface area contributed by atoms with E-state index >= 15 is 0 Å². The van der Waals surface area contributed by atoms with E-state index in [1.807, 2.05) is 36.4 Å². The first-order chi connectivity index (χ1) is 50.0. The van der Waals surface area contributed by atoms with Crippen LogP contribution in [0, 0.1) is 15.9 Å². The smallest absolute Gasteiger partial charge is 0.335 e. The molecular formula is C66H68BrFN16O16S5. The number of Topliss-reactive ketones (excluding diaryl/α,β-unsaturated/α-hetero) is 4. The summed E-state index contributed by atoms with van der Waals surface area (Å²) >= 11 is 9.56. The number of aliphatic hydroxyl groups is 1. The Balaban J connectivity index is 0.000000207. The third kappa shape index (κ3) is 26.2. The number of carbonyl (C=O) groups is 7. The number of benzene rings is 5. The highest BCUT2D eigenvalue weighted by atomic mass is 79.9. The number of nitrogens with zero attached hydrogens (tertiary/aromatic N) is 12. The second kappa shape index (κ2) is 41.0. The molecule has 1 amide bonds. The minimum absolute atomic E-state index is 0.0204. The van der Waals surface area contributed by atoms with Gasteiger partial charge in [-0.15, -0.1) is 42.4 Å². The maximum Gasteiger partial charge on any atom is 0.335 e. The van der Waals surface area contributed by atoms with Gasteiger partial charge in [-0.1, -0.05) is 87.8 Å². The number of nitro benzene ring substituents is 1. The maximum atomic E-state index is 13.7. The van der Waals surface area contributed by atoms with Crippen LogP contribution in [0.2, 0.25) is 0 Å². The first kappa shape index (κ1) is 83.3. The molecule has 0 bridgehead atoms. The number of ether oxygens (including phenoxy) is 4. The number of nitrogens with one attached hydrogen (secondary N) is 3. The molecule has 105 heavy (non-hydrogen) atoms. The molecule has 1 aliphatic rings. The number of hydrogen-bond acceptors (Lipinski definition) is 29. The number of aromatic carboxylic acids is 1. The molecule has 0 aliphatic carbocycles. The predicted octanol–water partition coefficient (Wildman–Crippen LogP) is 11.6. The summed E-state index contributed by atoms with van der Waals surface area (Å²) in [7, 11) is 4.84. The zero-order chi connectivity index (χ0) is 77.0. The van der Waals surface area contributed by atoms with Gasteiger partial charge in [0.05, 0.1) is 94.8 Å². The first-order valence-corrected chi connectivity index (χ1v) is 36.2. The summed E-state index contributed by atoms with van der Waals surface area (Å²) in [6, 6.07) is 25.7. The molecule has 5 aromatic carbocycles. The second-order valence-electron chi connectivity index (χ2n) is 21.6. The Bertz CT molecular complexity index is 4700. The minimum Gasteiger partial charge on any atom is -0.512 e. The van der Waals surface area contributed by atoms with Gasteiger partial charge in [0.2, 0.25) is 21.4 Å². The average Bonchev–Trinajstić information content (AvgIpc) is 1.66. The van der Waals surface area contributed by atoms with Crippen LogP contribution in [-0.4, -0.2) is 188 Å². The molecule has 39 heteroatoms. The fraction of sp³-hybridized carbons (Fsp3) is 0.258. The van der Waals surface area contributed by atoms with Crippen molar-refractivity contribution in [3.8, 4) is 68.5 Å². The highest BCUT2D eigenvalue weighted by Gasteiger charge is 2.25. The lowest BCUT2D eigenvalue weighted by Crippen LogP contribution is -2.12. The fourth-order valence-corrected chi connectivity index (χ4v) is 11.9. The Labute approximate surface area is 627 Å². The monoisotopic (exact) mass is 1600 g/mol. The summed E-state index contributed by atoms with van der Waals surface area (Å²) in [5.41, 5.74) is 8.83. The number of nitrogens with two attached hydrogens (primary N) is 1. The number of aromatic nitrogens is 12. The summed E-state index contributed by atoms with van der Waals surface area (Å²) < 4.78 is 37.2.